The van der Waals surface area contributed by atoms with Crippen LogP contribution in [0, 0.1) is 0 Å². The van der Waals surface area contributed by atoms with Crippen LogP contribution in [0.15, 0.2) is 36.4 Å². The van der Waals surface area contributed by atoms with Gasteiger partial charge in [-0.25, -0.2) is 19.6 Å². The van der Waals surface area contributed by atoms with Gasteiger partial charge in [0.25, 0.3) is 0 Å². The third-order valence-corrected chi connectivity index (χ3v) is 3.29. The molecule has 0 bridgehead atoms. The van der Waals surface area contributed by atoms with Gasteiger partial charge in [-0.1, -0.05) is 12.1 Å². The van der Waals surface area contributed by atoms with Crippen LogP contribution in [0.5, 0.6) is 0 Å². The highest BCUT2D eigenvalue weighted by Crippen LogP contribution is 2.22. The summed E-state index contributed by atoms with van der Waals surface area (Å²) in [6.45, 7) is 0. The molecule has 3 aromatic rings. The molecule has 0 aliphatic carbocycles. The van der Waals surface area contributed by atoms with Crippen molar-refractivity contribution in [2.75, 3.05) is 14.2 Å². The summed E-state index contributed by atoms with van der Waals surface area (Å²) >= 11 is 0. The van der Waals surface area contributed by atoms with Gasteiger partial charge in [-0.2, -0.15) is 0 Å². The number of esters is 2. The predicted molar refractivity (Wildman–Crippen MR) is 79.7 cm³/mol. The Morgan fingerprint density at radius 3 is 1.55 bits per heavy atom. The Bertz CT molecular complexity index is 831. The van der Waals surface area contributed by atoms with Gasteiger partial charge in [-0.05, 0) is 24.3 Å². The lowest BCUT2D eigenvalue weighted by atomic mass is 10.1. The van der Waals surface area contributed by atoms with E-state index in [0.29, 0.717) is 22.1 Å². The average Bonchev–Trinajstić information content (AvgIpc) is 2.57. The number of hydrogen-bond donors (Lipinski definition) is 0. The van der Waals surface area contributed by atoms with Gasteiger partial charge in [-0.3, -0.25) is 0 Å². The molecule has 6 heteroatoms. The number of benzene rings is 2. The quantitative estimate of drug-likeness (QED) is 0.533. The molecule has 3 rings (SSSR count). The Labute approximate surface area is 125 Å². The van der Waals surface area contributed by atoms with Crippen molar-refractivity contribution in [3.8, 4) is 0 Å². The zero-order valence-corrected chi connectivity index (χ0v) is 12.0. The fraction of sp³-hybridized carbons (Fsp3) is 0.125. The fourth-order valence-electron chi connectivity index (χ4n) is 2.23. The first kappa shape index (κ1) is 13.9. The highest BCUT2D eigenvalue weighted by molar-refractivity contribution is 6.06. The molecule has 0 aliphatic heterocycles. The van der Waals surface area contributed by atoms with Crippen LogP contribution in [0.2, 0.25) is 0 Å². The molecule has 6 nitrogen and oxygen atoms in total. The van der Waals surface area contributed by atoms with E-state index in [9.17, 15) is 9.59 Å². The van der Waals surface area contributed by atoms with Crippen LogP contribution in [0.1, 0.15) is 20.7 Å². The van der Waals surface area contributed by atoms with Gasteiger partial charge in [0.15, 0.2) is 0 Å². The SMILES string of the molecule is COC(=O)c1cc2nc3ccccc3nc2cc1C(=O)OC. The average molecular weight is 296 g/mol. The smallest absolute Gasteiger partial charge is 0.338 e. The number of para-hydroxylation sites is 2. The summed E-state index contributed by atoms with van der Waals surface area (Å²) in [5.41, 5.74) is 2.63. The number of ether oxygens (including phenoxy) is 2. The van der Waals surface area contributed by atoms with Gasteiger partial charge in [0.05, 0.1) is 47.4 Å². The maximum absolute atomic E-state index is 11.9. The Balaban J connectivity index is 2.34. The molecule has 0 fully saturated rings. The zero-order chi connectivity index (χ0) is 15.7. The van der Waals surface area contributed by atoms with E-state index in [1.54, 1.807) is 0 Å². The highest BCUT2D eigenvalue weighted by atomic mass is 16.5. The number of nitrogens with zero attached hydrogens (tertiary/aromatic N) is 2. The van der Waals surface area contributed by atoms with Gasteiger partial charge in [0.1, 0.15) is 0 Å². The van der Waals surface area contributed by atoms with Crippen molar-refractivity contribution in [3.05, 3.63) is 47.5 Å². The number of fused-ring (bicyclic) bond motifs is 2. The van der Waals surface area contributed by atoms with Crippen molar-refractivity contribution in [2.45, 2.75) is 0 Å². The van der Waals surface area contributed by atoms with Gasteiger partial charge >= 0.3 is 11.9 Å². The monoisotopic (exact) mass is 296 g/mol. The molecule has 0 amide bonds. The van der Waals surface area contributed by atoms with Crippen LogP contribution in [0.3, 0.4) is 0 Å². The van der Waals surface area contributed by atoms with E-state index in [-0.39, 0.29) is 11.1 Å². The van der Waals surface area contributed by atoms with E-state index in [2.05, 4.69) is 9.97 Å². The summed E-state index contributed by atoms with van der Waals surface area (Å²) in [6, 6.07) is 10.3. The van der Waals surface area contributed by atoms with E-state index in [4.69, 9.17) is 9.47 Å². The summed E-state index contributed by atoms with van der Waals surface area (Å²) in [4.78, 5) is 32.7. The number of hydrogen-bond acceptors (Lipinski definition) is 6. The second-order valence-corrected chi connectivity index (χ2v) is 4.58. The number of carbonyl (C=O) groups excluding carboxylic acids is 2. The van der Waals surface area contributed by atoms with Crippen LogP contribution >= 0.6 is 0 Å². The van der Waals surface area contributed by atoms with Crippen molar-refractivity contribution in [1.82, 2.24) is 9.97 Å². The molecule has 0 aliphatic rings. The number of aromatic nitrogens is 2. The molecule has 0 saturated heterocycles. The molecule has 22 heavy (non-hydrogen) atoms. The first-order valence-electron chi connectivity index (χ1n) is 6.51. The van der Waals surface area contributed by atoms with Crippen molar-refractivity contribution < 1.29 is 19.1 Å². The summed E-state index contributed by atoms with van der Waals surface area (Å²) in [5.74, 6) is -1.26. The molecule has 1 heterocycles. The minimum Gasteiger partial charge on any atom is -0.465 e. The maximum Gasteiger partial charge on any atom is 0.338 e. The minimum absolute atomic E-state index is 0.103. The maximum atomic E-state index is 11.9. The summed E-state index contributed by atoms with van der Waals surface area (Å²) in [5, 5.41) is 0. The third kappa shape index (κ3) is 2.24. The van der Waals surface area contributed by atoms with Gasteiger partial charge in [0, 0.05) is 0 Å². The number of carbonyl (C=O) groups is 2. The van der Waals surface area contributed by atoms with E-state index < -0.39 is 11.9 Å². The first-order valence-corrected chi connectivity index (χ1v) is 6.51. The molecule has 110 valence electrons. The van der Waals surface area contributed by atoms with Crippen LogP contribution in [0.25, 0.3) is 22.1 Å². The van der Waals surface area contributed by atoms with Crippen molar-refractivity contribution >= 4 is 34.0 Å². The molecular formula is C16H12N2O4. The lowest BCUT2D eigenvalue weighted by molar-refractivity contribution is 0.0555. The molecular weight excluding hydrogens is 284 g/mol. The molecule has 0 N–H and O–H groups in total. The highest BCUT2D eigenvalue weighted by Gasteiger charge is 2.20. The minimum atomic E-state index is -0.628. The van der Waals surface area contributed by atoms with Crippen molar-refractivity contribution in [3.63, 3.8) is 0 Å². The van der Waals surface area contributed by atoms with Crippen molar-refractivity contribution in [1.29, 1.82) is 0 Å². The Hall–Kier alpha value is -3.02. The van der Waals surface area contributed by atoms with Crippen molar-refractivity contribution in [2.24, 2.45) is 0 Å². The normalized spacial score (nSPS) is 10.6. The van der Waals surface area contributed by atoms with Gasteiger partial charge < -0.3 is 9.47 Å². The Morgan fingerprint density at radius 2 is 1.18 bits per heavy atom. The molecule has 0 saturated carbocycles. The lowest BCUT2D eigenvalue weighted by Gasteiger charge is -2.08. The molecule has 0 spiro atoms. The second-order valence-electron chi connectivity index (χ2n) is 4.58. The first-order chi connectivity index (χ1) is 10.6. The van der Waals surface area contributed by atoms with Gasteiger partial charge in [0.2, 0.25) is 0 Å². The molecule has 1 aromatic heterocycles. The molecule has 0 atom stereocenters. The van der Waals surface area contributed by atoms with Crippen LogP contribution in [0.4, 0.5) is 0 Å². The molecule has 0 unspecified atom stereocenters. The van der Waals surface area contributed by atoms with Crippen LogP contribution in [-0.4, -0.2) is 36.1 Å². The molecule has 2 aromatic carbocycles. The van der Waals surface area contributed by atoms with E-state index in [1.165, 1.54) is 26.4 Å². The Kier molecular flexibility index (Phi) is 3.42. The van der Waals surface area contributed by atoms with E-state index >= 15 is 0 Å². The zero-order valence-electron chi connectivity index (χ0n) is 12.0. The number of rotatable bonds is 2. The molecule has 0 radical (unpaired) electrons. The van der Waals surface area contributed by atoms with E-state index in [1.807, 2.05) is 24.3 Å². The van der Waals surface area contributed by atoms with Crippen LogP contribution < -0.4 is 0 Å². The number of methoxy groups -OCH3 is 2. The summed E-state index contributed by atoms with van der Waals surface area (Å²) in [7, 11) is 2.50. The largest absolute Gasteiger partial charge is 0.465 e. The second kappa shape index (κ2) is 5.40. The lowest BCUT2D eigenvalue weighted by Crippen LogP contribution is -2.12. The third-order valence-electron chi connectivity index (χ3n) is 3.29. The fourth-order valence-corrected chi connectivity index (χ4v) is 2.23. The summed E-state index contributed by atoms with van der Waals surface area (Å²) in [6.07, 6.45) is 0. The van der Waals surface area contributed by atoms with Gasteiger partial charge in [-0.15, -0.1) is 0 Å². The van der Waals surface area contributed by atoms with Crippen LogP contribution in [-0.2, 0) is 9.47 Å². The Morgan fingerprint density at radius 1 is 0.773 bits per heavy atom. The van der Waals surface area contributed by atoms with E-state index in [0.717, 1.165) is 0 Å². The standard InChI is InChI=1S/C16H12N2O4/c1-21-15(19)9-7-13-14(8-10(9)16(20)22-2)18-12-6-4-3-5-11(12)17-13/h3-8H,1-2H3. The topological polar surface area (TPSA) is 78.4 Å². The predicted octanol–water partition coefficient (Wildman–Crippen LogP) is 2.36. The summed E-state index contributed by atoms with van der Waals surface area (Å²) < 4.78 is 9.43.